The minimum atomic E-state index is 0.0584. The number of carbonyl (C=O) groups excluding carboxylic acids is 1. The summed E-state index contributed by atoms with van der Waals surface area (Å²) >= 11 is 0. The molecule has 2 aromatic heterocycles. The lowest BCUT2D eigenvalue weighted by Gasteiger charge is -2.41. The van der Waals surface area contributed by atoms with Crippen molar-refractivity contribution < 1.29 is 4.79 Å². The SMILES string of the molecule is CCCCC(CC(=O)c1nc(N2CCN(C(C)(C)C)CC2)n[nH]1)Cc1c[nH]c2ccccc12. The summed E-state index contributed by atoms with van der Waals surface area (Å²) < 4.78 is 0. The van der Waals surface area contributed by atoms with E-state index in [-0.39, 0.29) is 11.3 Å². The van der Waals surface area contributed by atoms with Gasteiger partial charge in [-0.2, -0.15) is 4.98 Å². The molecule has 178 valence electrons. The maximum atomic E-state index is 13.1. The topological polar surface area (TPSA) is 80.9 Å². The first kappa shape index (κ1) is 23.5. The maximum absolute atomic E-state index is 13.1. The van der Waals surface area contributed by atoms with Crippen LogP contribution in [0.1, 0.15) is 69.6 Å². The van der Waals surface area contributed by atoms with Crippen LogP contribution in [-0.2, 0) is 6.42 Å². The van der Waals surface area contributed by atoms with Gasteiger partial charge in [-0.05, 0) is 51.2 Å². The van der Waals surface area contributed by atoms with Crippen molar-refractivity contribution in [3.63, 3.8) is 0 Å². The Hall–Kier alpha value is -2.67. The number of anilines is 1. The minimum Gasteiger partial charge on any atom is -0.361 e. The Morgan fingerprint density at radius 1 is 1.15 bits per heavy atom. The van der Waals surface area contributed by atoms with Crippen molar-refractivity contribution >= 4 is 22.6 Å². The molecule has 7 nitrogen and oxygen atoms in total. The number of piperazine rings is 1. The van der Waals surface area contributed by atoms with Crippen LogP contribution in [-0.4, -0.2) is 62.6 Å². The van der Waals surface area contributed by atoms with Gasteiger partial charge in [0.05, 0.1) is 0 Å². The fraction of sp³-hybridized carbons (Fsp3) is 0.577. The van der Waals surface area contributed by atoms with Crippen molar-refractivity contribution in [2.24, 2.45) is 5.92 Å². The molecule has 0 radical (unpaired) electrons. The Bertz CT molecular complexity index is 1050. The zero-order valence-electron chi connectivity index (χ0n) is 20.5. The molecule has 0 bridgehead atoms. The third kappa shape index (κ3) is 5.64. The second-order valence-electron chi connectivity index (χ2n) is 10.3. The molecule has 1 aliphatic rings. The number of para-hydroxylation sites is 1. The lowest BCUT2D eigenvalue weighted by Crippen LogP contribution is -2.53. The Kier molecular flexibility index (Phi) is 7.17. The first-order valence-electron chi connectivity index (χ1n) is 12.4. The van der Waals surface area contributed by atoms with Crippen molar-refractivity contribution in [1.82, 2.24) is 25.1 Å². The van der Waals surface area contributed by atoms with Gasteiger partial charge in [0.1, 0.15) is 0 Å². The highest BCUT2D eigenvalue weighted by Gasteiger charge is 2.28. The number of ketones is 1. The fourth-order valence-corrected chi connectivity index (χ4v) is 4.84. The van der Waals surface area contributed by atoms with E-state index in [1.54, 1.807) is 0 Å². The summed E-state index contributed by atoms with van der Waals surface area (Å²) in [5, 5.41) is 8.55. The van der Waals surface area contributed by atoms with Crippen LogP contribution in [0, 0.1) is 5.92 Å². The summed E-state index contributed by atoms with van der Waals surface area (Å²) in [4.78, 5) is 25.7. The van der Waals surface area contributed by atoms with Crippen molar-refractivity contribution in [2.75, 3.05) is 31.1 Å². The van der Waals surface area contributed by atoms with E-state index >= 15 is 0 Å². The van der Waals surface area contributed by atoms with E-state index in [2.05, 4.69) is 82.1 Å². The van der Waals surface area contributed by atoms with Crippen LogP contribution in [0.25, 0.3) is 10.9 Å². The highest BCUT2D eigenvalue weighted by atomic mass is 16.1. The largest absolute Gasteiger partial charge is 0.361 e. The number of hydrogen-bond donors (Lipinski definition) is 2. The van der Waals surface area contributed by atoms with Gasteiger partial charge in [0.2, 0.25) is 5.95 Å². The number of fused-ring (bicyclic) bond motifs is 1. The molecule has 0 aliphatic carbocycles. The molecule has 33 heavy (non-hydrogen) atoms. The highest BCUT2D eigenvalue weighted by Crippen LogP contribution is 2.26. The molecule has 1 atom stereocenters. The summed E-state index contributed by atoms with van der Waals surface area (Å²) in [5.41, 5.74) is 2.61. The zero-order valence-corrected chi connectivity index (χ0v) is 20.5. The normalized spacial score (nSPS) is 16.4. The standard InChI is InChI=1S/C26H38N6O/c1-5-6-9-19(16-20-18-27-22-11-8-7-10-21(20)22)17-23(33)24-28-25(30-29-24)31-12-14-32(15-13-31)26(2,3)4/h7-8,10-11,18-19,27H,5-6,9,12-17H2,1-4H3,(H,28,29,30). The van der Waals surface area contributed by atoms with Crippen molar-refractivity contribution in [1.29, 1.82) is 0 Å². The van der Waals surface area contributed by atoms with E-state index < -0.39 is 0 Å². The average molecular weight is 451 g/mol. The molecule has 1 aromatic carbocycles. The predicted molar refractivity (Wildman–Crippen MR) is 134 cm³/mol. The molecule has 2 N–H and O–H groups in total. The van der Waals surface area contributed by atoms with Crippen LogP contribution in [0.4, 0.5) is 5.95 Å². The number of rotatable bonds is 9. The summed E-state index contributed by atoms with van der Waals surface area (Å²) in [6.07, 6.45) is 6.78. The lowest BCUT2D eigenvalue weighted by molar-refractivity contribution is 0.0948. The number of aromatic amines is 2. The number of benzene rings is 1. The van der Waals surface area contributed by atoms with Gasteiger partial charge >= 0.3 is 0 Å². The number of H-pyrrole nitrogens is 2. The van der Waals surface area contributed by atoms with E-state index in [0.717, 1.165) is 57.4 Å². The summed E-state index contributed by atoms with van der Waals surface area (Å²) in [7, 11) is 0. The van der Waals surface area contributed by atoms with Crippen molar-refractivity contribution in [2.45, 2.75) is 65.3 Å². The number of carbonyl (C=O) groups is 1. The van der Waals surface area contributed by atoms with E-state index in [0.29, 0.717) is 24.1 Å². The lowest BCUT2D eigenvalue weighted by atomic mass is 9.89. The van der Waals surface area contributed by atoms with E-state index in [1.807, 2.05) is 6.07 Å². The molecule has 7 heteroatoms. The molecule has 4 rings (SSSR count). The van der Waals surface area contributed by atoms with E-state index in [1.165, 1.54) is 10.9 Å². The van der Waals surface area contributed by atoms with Gasteiger partial charge in [-0.15, -0.1) is 5.10 Å². The van der Waals surface area contributed by atoms with Gasteiger partial charge in [-0.3, -0.25) is 14.8 Å². The van der Waals surface area contributed by atoms with E-state index in [9.17, 15) is 4.79 Å². The van der Waals surface area contributed by atoms with Gasteiger partial charge in [0.15, 0.2) is 11.6 Å². The smallest absolute Gasteiger partial charge is 0.245 e. The Labute approximate surface area is 197 Å². The first-order valence-corrected chi connectivity index (χ1v) is 12.4. The van der Waals surface area contributed by atoms with Gasteiger partial charge in [0.25, 0.3) is 0 Å². The van der Waals surface area contributed by atoms with Gasteiger partial charge in [0, 0.05) is 55.2 Å². The number of nitrogens with one attached hydrogen (secondary N) is 2. The number of nitrogens with zero attached hydrogens (tertiary/aromatic N) is 4. The van der Waals surface area contributed by atoms with E-state index in [4.69, 9.17) is 0 Å². The second kappa shape index (κ2) is 10.1. The molecule has 0 amide bonds. The fourth-order valence-electron chi connectivity index (χ4n) is 4.84. The van der Waals surface area contributed by atoms with Crippen LogP contribution in [0.15, 0.2) is 30.5 Å². The van der Waals surface area contributed by atoms with Crippen molar-refractivity contribution in [3.8, 4) is 0 Å². The molecule has 3 heterocycles. The van der Waals surface area contributed by atoms with Gasteiger partial charge in [-0.1, -0.05) is 38.0 Å². The Morgan fingerprint density at radius 2 is 1.91 bits per heavy atom. The molecular formula is C26H38N6O. The average Bonchev–Trinajstić information content (AvgIpc) is 3.45. The molecular weight excluding hydrogens is 412 g/mol. The molecule has 1 saturated heterocycles. The maximum Gasteiger partial charge on any atom is 0.245 e. The molecule has 0 saturated carbocycles. The third-order valence-corrected chi connectivity index (χ3v) is 6.87. The zero-order chi connectivity index (χ0) is 23.4. The Balaban J connectivity index is 1.40. The quantitative estimate of drug-likeness (QED) is 0.457. The van der Waals surface area contributed by atoms with Gasteiger partial charge in [-0.25, -0.2) is 0 Å². The van der Waals surface area contributed by atoms with Crippen molar-refractivity contribution in [3.05, 3.63) is 41.9 Å². The molecule has 1 unspecified atom stereocenters. The predicted octanol–water partition coefficient (Wildman–Crippen LogP) is 4.83. The molecule has 0 spiro atoms. The molecule has 3 aromatic rings. The second-order valence-corrected chi connectivity index (χ2v) is 10.3. The number of aromatic nitrogens is 4. The first-order chi connectivity index (χ1) is 15.8. The van der Waals surface area contributed by atoms with Crippen LogP contribution < -0.4 is 4.90 Å². The minimum absolute atomic E-state index is 0.0584. The molecule has 1 fully saturated rings. The van der Waals surface area contributed by atoms with Crippen LogP contribution in [0.5, 0.6) is 0 Å². The Morgan fingerprint density at radius 3 is 2.64 bits per heavy atom. The third-order valence-electron chi connectivity index (χ3n) is 6.87. The van der Waals surface area contributed by atoms with Crippen LogP contribution in [0.2, 0.25) is 0 Å². The van der Waals surface area contributed by atoms with Crippen LogP contribution >= 0.6 is 0 Å². The van der Waals surface area contributed by atoms with Crippen LogP contribution in [0.3, 0.4) is 0 Å². The number of unbranched alkanes of at least 4 members (excludes halogenated alkanes) is 1. The van der Waals surface area contributed by atoms with Gasteiger partial charge < -0.3 is 9.88 Å². The summed E-state index contributed by atoms with van der Waals surface area (Å²) in [6, 6.07) is 8.37. The highest BCUT2D eigenvalue weighted by molar-refractivity contribution is 5.93. The molecule has 1 aliphatic heterocycles. The summed E-state index contributed by atoms with van der Waals surface area (Å²) in [6.45, 7) is 12.7. The number of Topliss-reactive ketones (excluding diaryl/α,β-unsaturated/α-hetero) is 1. The monoisotopic (exact) mass is 450 g/mol. The summed E-state index contributed by atoms with van der Waals surface area (Å²) in [5.74, 6) is 1.39. The number of hydrogen-bond acceptors (Lipinski definition) is 5.